The fourth-order valence-corrected chi connectivity index (χ4v) is 4.92. The van der Waals surface area contributed by atoms with Crippen molar-refractivity contribution in [1.82, 2.24) is 9.80 Å². The van der Waals surface area contributed by atoms with Gasteiger partial charge in [-0.2, -0.15) is 0 Å². The van der Waals surface area contributed by atoms with Gasteiger partial charge in [-0.15, -0.1) is 0 Å². The van der Waals surface area contributed by atoms with Gasteiger partial charge < -0.3 is 4.74 Å². The van der Waals surface area contributed by atoms with Gasteiger partial charge in [0.15, 0.2) is 0 Å². The number of esters is 1. The molecule has 0 radical (unpaired) electrons. The number of fused-ring (bicyclic) bond motifs is 2. The van der Waals surface area contributed by atoms with Crippen LogP contribution in [0.5, 0.6) is 0 Å². The number of methoxy groups -OCH3 is 1. The van der Waals surface area contributed by atoms with Crippen LogP contribution in [0.25, 0.3) is 0 Å². The van der Waals surface area contributed by atoms with Crippen molar-refractivity contribution in [3.05, 3.63) is 0 Å². The van der Waals surface area contributed by atoms with E-state index in [2.05, 4.69) is 16.7 Å². The molecule has 114 valence electrons. The summed E-state index contributed by atoms with van der Waals surface area (Å²) >= 11 is 0. The molecule has 0 aromatic heterocycles. The lowest BCUT2D eigenvalue weighted by molar-refractivity contribution is -0.145. The van der Waals surface area contributed by atoms with Crippen LogP contribution in [0.4, 0.5) is 0 Å². The van der Waals surface area contributed by atoms with Gasteiger partial charge in [0.25, 0.3) is 0 Å². The highest BCUT2D eigenvalue weighted by Crippen LogP contribution is 2.45. The highest BCUT2D eigenvalue weighted by atomic mass is 16.5. The summed E-state index contributed by atoms with van der Waals surface area (Å²) in [6.07, 6.45) is 3.72. The number of nitrogens with zero attached hydrogens (tertiary/aromatic N) is 2. The molecule has 0 saturated carbocycles. The minimum Gasteiger partial charge on any atom is -0.469 e. The van der Waals surface area contributed by atoms with E-state index in [0.717, 1.165) is 24.8 Å². The van der Waals surface area contributed by atoms with Crippen LogP contribution in [0, 0.1) is 17.8 Å². The average Bonchev–Trinajstić information content (AvgIpc) is 2.88. The van der Waals surface area contributed by atoms with Crippen molar-refractivity contribution in [2.45, 2.75) is 45.2 Å². The van der Waals surface area contributed by atoms with Crippen LogP contribution in [0.3, 0.4) is 0 Å². The summed E-state index contributed by atoms with van der Waals surface area (Å²) in [6.45, 7) is 9.15. The molecule has 4 saturated heterocycles. The molecule has 0 aliphatic carbocycles. The molecule has 4 nitrogen and oxygen atoms in total. The first-order valence-electron chi connectivity index (χ1n) is 8.21. The molecule has 0 N–H and O–H groups in total. The maximum atomic E-state index is 11.8. The first kappa shape index (κ1) is 14.3. The first-order chi connectivity index (χ1) is 9.65. The Labute approximate surface area is 122 Å². The number of likely N-dealkylation sites (tertiary alicyclic amines) is 1. The molecule has 0 amide bonds. The summed E-state index contributed by atoms with van der Waals surface area (Å²) in [7, 11) is 1.50. The highest BCUT2D eigenvalue weighted by Gasteiger charge is 2.52. The van der Waals surface area contributed by atoms with E-state index in [0.29, 0.717) is 12.1 Å². The molecule has 4 heteroatoms. The average molecular weight is 280 g/mol. The molecule has 4 aliphatic rings. The molecular formula is C16H28N2O2. The van der Waals surface area contributed by atoms with Gasteiger partial charge in [-0.3, -0.25) is 14.6 Å². The normalized spacial score (nSPS) is 41.5. The molecular weight excluding hydrogens is 252 g/mol. The van der Waals surface area contributed by atoms with Crippen molar-refractivity contribution in [2.24, 2.45) is 17.8 Å². The quantitative estimate of drug-likeness (QED) is 0.732. The zero-order chi connectivity index (χ0) is 14.3. The predicted octanol–water partition coefficient (Wildman–Crippen LogP) is 1.60. The molecule has 0 spiro atoms. The van der Waals surface area contributed by atoms with Crippen molar-refractivity contribution in [1.29, 1.82) is 0 Å². The van der Waals surface area contributed by atoms with Crippen molar-refractivity contribution in [3.63, 3.8) is 0 Å². The third-order valence-corrected chi connectivity index (χ3v) is 5.95. The number of piperidine rings is 3. The Balaban J connectivity index is 1.75. The third-order valence-electron chi connectivity index (χ3n) is 5.95. The second kappa shape index (κ2) is 5.64. The molecule has 4 rings (SSSR count). The number of hydrogen-bond acceptors (Lipinski definition) is 4. The van der Waals surface area contributed by atoms with E-state index >= 15 is 0 Å². The van der Waals surface area contributed by atoms with E-state index in [-0.39, 0.29) is 11.9 Å². The molecule has 4 aliphatic heterocycles. The van der Waals surface area contributed by atoms with Gasteiger partial charge in [0.05, 0.1) is 13.0 Å². The largest absolute Gasteiger partial charge is 0.469 e. The minimum absolute atomic E-state index is 0.0134. The van der Waals surface area contributed by atoms with Crippen molar-refractivity contribution >= 4 is 5.97 Å². The molecule has 2 bridgehead atoms. The smallest absolute Gasteiger partial charge is 0.308 e. The van der Waals surface area contributed by atoms with Crippen LogP contribution >= 0.6 is 0 Å². The summed E-state index contributed by atoms with van der Waals surface area (Å²) < 4.78 is 4.92. The molecule has 0 aromatic carbocycles. The van der Waals surface area contributed by atoms with E-state index in [1.54, 1.807) is 0 Å². The zero-order valence-corrected chi connectivity index (χ0v) is 13.0. The Morgan fingerprint density at radius 3 is 2.65 bits per heavy atom. The lowest BCUT2D eigenvalue weighted by atomic mass is 9.73. The van der Waals surface area contributed by atoms with E-state index in [9.17, 15) is 4.79 Å². The summed E-state index contributed by atoms with van der Waals surface area (Å²) in [4.78, 5) is 17.1. The SMILES string of the molecule is CCN1CC2C3CCN(CC3)C2C1CC(C)C(=O)OC. The van der Waals surface area contributed by atoms with E-state index in [1.165, 1.54) is 39.6 Å². The van der Waals surface area contributed by atoms with Crippen LogP contribution in [0.2, 0.25) is 0 Å². The minimum atomic E-state index is -0.0551. The molecule has 20 heavy (non-hydrogen) atoms. The summed E-state index contributed by atoms with van der Waals surface area (Å²) in [5.41, 5.74) is 0. The van der Waals surface area contributed by atoms with Gasteiger partial charge in [-0.1, -0.05) is 13.8 Å². The van der Waals surface area contributed by atoms with E-state index in [1.807, 2.05) is 6.92 Å². The fraction of sp³-hybridized carbons (Fsp3) is 0.938. The van der Waals surface area contributed by atoms with Crippen LogP contribution in [0.1, 0.15) is 33.1 Å². The topological polar surface area (TPSA) is 32.8 Å². The predicted molar refractivity (Wildman–Crippen MR) is 78.4 cm³/mol. The summed E-state index contributed by atoms with van der Waals surface area (Å²) in [6, 6.07) is 1.23. The van der Waals surface area contributed by atoms with Crippen LogP contribution in [-0.4, -0.2) is 61.1 Å². The van der Waals surface area contributed by atoms with Crippen molar-refractivity contribution in [2.75, 3.05) is 33.3 Å². The van der Waals surface area contributed by atoms with Gasteiger partial charge in [0, 0.05) is 18.6 Å². The van der Waals surface area contributed by atoms with Gasteiger partial charge in [-0.05, 0) is 50.7 Å². The van der Waals surface area contributed by atoms with Gasteiger partial charge in [0.2, 0.25) is 0 Å². The van der Waals surface area contributed by atoms with Crippen molar-refractivity contribution in [3.8, 4) is 0 Å². The Bertz CT molecular complexity index is 365. The van der Waals surface area contributed by atoms with Gasteiger partial charge in [0.1, 0.15) is 0 Å². The summed E-state index contributed by atoms with van der Waals surface area (Å²) in [5.74, 6) is 1.73. The van der Waals surface area contributed by atoms with Crippen molar-refractivity contribution < 1.29 is 9.53 Å². The number of carbonyl (C=O) groups excluding carboxylic acids is 1. The number of rotatable bonds is 4. The Hall–Kier alpha value is -0.610. The van der Waals surface area contributed by atoms with Gasteiger partial charge in [-0.25, -0.2) is 0 Å². The van der Waals surface area contributed by atoms with Gasteiger partial charge >= 0.3 is 5.97 Å². The van der Waals surface area contributed by atoms with Crippen LogP contribution < -0.4 is 0 Å². The maximum Gasteiger partial charge on any atom is 0.308 e. The first-order valence-corrected chi connectivity index (χ1v) is 8.21. The van der Waals surface area contributed by atoms with Crippen LogP contribution in [-0.2, 0) is 9.53 Å². The van der Waals surface area contributed by atoms with E-state index < -0.39 is 0 Å². The fourth-order valence-electron chi connectivity index (χ4n) is 4.92. The molecule has 0 aromatic rings. The van der Waals surface area contributed by atoms with Crippen LogP contribution in [0.15, 0.2) is 0 Å². The van der Waals surface area contributed by atoms with E-state index in [4.69, 9.17) is 4.74 Å². The maximum absolute atomic E-state index is 11.8. The standard InChI is InChI=1S/C16H28N2O2/c1-4-17-10-13-12-5-7-18(8-6-12)15(13)14(17)9-11(2)16(19)20-3/h11-15H,4-10H2,1-3H3. The Morgan fingerprint density at radius 1 is 1.35 bits per heavy atom. The molecule has 4 heterocycles. The highest BCUT2D eigenvalue weighted by molar-refractivity contribution is 5.71. The lowest BCUT2D eigenvalue weighted by Crippen LogP contribution is -2.57. The summed E-state index contributed by atoms with van der Waals surface area (Å²) in [5, 5.41) is 0. The molecule has 4 unspecified atom stereocenters. The monoisotopic (exact) mass is 280 g/mol. The zero-order valence-electron chi connectivity index (χ0n) is 13.0. The molecule has 4 atom stereocenters. The Morgan fingerprint density at radius 2 is 2.05 bits per heavy atom. The Kier molecular flexibility index (Phi) is 4.04. The lowest BCUT2D eigenvalue weighted by Gasteiger charge is -2.49. The number of carbonyl (C=O) groups is 1. The second-order valence-corrected chi connectivity index (χ2v) is 6.84. The molecule has 4 fully saturated rings. The number of ether oxygens (including phenoxy) is 1. The second-order valence-electron chi connectivity index (χ2n) is 6.84. The number of hydrogen-bond donors (Lipinski definition) is 0. The third kappa shape index (κ3) is 2.27. The number of likely N-dealkylation sites (N-methyl/N-ethyl adjacent to an activating group) is 1.